The second-order valence-corrected chi connectivity index (χ2v) is 4.35. The van der Waals surface area contributed by atoms with Gasteiger partial charge in [0.1, 0.15) is 0 Å². The van der Waals surface area contributed by atoms with Crippen LogP contribution in [0, 0.1) is 5.92 Å². The quantitative estimate of drug-likeness (QED) is 0.677. The van der Waals surface area contributed by atoms with Gasteiger partial charge < -0.3 is 15.2 Å². The van der Waals surface area contributed by atoms with Crippen molar-refractivity contribution < 1.29 is 9.84 Å². The van der Waals surface area contributed by atoms with Crippen molar-refractivity contribution in [3.8, 4) is 0 Å². The van der Waals surface area contributed by atoms with Gasteiger partial charge in [0, 0.05) is 25.8 Å². The van der Waals surface area contributed by atoms with Crippen LogP contribution in [0.25, 0.3) is 0 Å². The molecule has 84 valence electrons. The molecule has 0 heterocycles. The van der Waals surface area contributed by atoms with Gasteiger partial charge in [-0.2, -0.15) is 0 Å². The predicted octanol–water partition coefficient (Wildman–Crippen LogP) is 1.16. The van der Waals surface area contributed by atoms with Crippen LogP contribution in [0.15, 0.2) is 0 Å². The normalized spacial score (nSPS) is 29.4. The maximum absolute atomic E-state index is 8.91. The smallest absolute Gasteiger partial charge is 0.0616 e. The van der Waals surface area contributed by atoms with E-state index < -0.39 is 0 Å². The number of hydrogen-bond acceptors (Lipinski definition) is 3. The molecule has 0 aromatic carbocycles. The molecule has 0 saturated heterocycles. The summed E-state index contributed by atoms with van der Waals surface area (Å²) >= 11 is 0. The Balaban J connectivity index is 2.29. The van der Waals surface area contributed by atoms with Crippen molar-refractivity contribution in [1.29, 1.82) is 0 Å². The van der Waals surface area contributed by atoms with E-state index in [2.05, 4.69) is 12.2 Å². The van der Waals surface area contributed by atoms with Gasteiger partial charge in [-0.05, 0) is 25.2 Å². The lowest BCUT2D eigenvalue weighted by atomic mass is 10.0. The van der Waals surface area contributed by atoms with E-state index in [1.54, 1.807) is 7.11 Å². The molecule has 14 heavy (non-hydrogen) atoms. The predicted molar refractivity (Wildman–Crippen MR) is 57.3 cm³/mol. The second kappa shape index (κ2) is 6.38. The van der Waals surface area contributed by atoms with Crippen molar-refractivity contribution >= 4 is 0 Å². The lowest BCUT2D eigenvalue weighted by molar-refractivity contribution is 0.139. The van der Waals surface area contributed by atoms with Crippen LogP contribution in [0.5, 0.6) is 0 Å². The van der Waals surface area contributed by atoms with Crippen molar-refractivity contribution in [2.24, 2.45) is 5.92 Å². The minimum Gasteiger partial charge on any atom is -0.396 e. The van der Waals surface area contributed by atoms with E-state index in [-0.39, 0.29) is 6.61 Å². The van der Waals surface area contributed by atoms with Gasteiger partial charge in [0.25, 0.3) is 0 Å². The number of methoxy groups -OCH3 is 1. The highest BCUT2D eigenvalue weighted by atomic mass is 16.5. The summed E-state index contributed by atoms with van der Waals surface area (Å²) in [5.41, 5.74) is 0. The second-order valence-electron chi connectivity index (χ2n) is 4.35. The van der Waals surface area contributed by atoms with Crippen LogP contribution < -0.4 is 5.32 Å². The highest BCUT2D eigenvalue weighted by Gasteiger charge is 2.25. The molecule has 1 aliphatic rings. The molecule has 0 aromatic heterocycles. The Kier molecular flexibility index (Phi) is 5.45. The van der Waals surface area contributed by atoms with Crippen molar-refractivity contribution in [2.75, 3.05) is 20.3 Å². The Bertz CT molecular complexity index is 146. The van der Waals surface area contributed by atoms with E-state index in [1.807, 2.05) is 0 Å². The maximum Gasteiger partial charge on any atom is 0.0616 e. The molecule has 3 nitrogen and oxygen atoms in total. The Labute approximate surface area is 86.8 Å². The third-order valence-electron chi connectivity index (χ3n) is 3.16. The summed E-state index contributed by atoms with van der Waals surface area (Å²) in [7, 11) is 1.71. The molecule has 1 aliphatic carbocycles. The molecule has 0 aromatic rings. The lowest BCUT2D eigenvalue weighted by Crippen LogP contribution is -2.42. The SMILES string of the molecule is COCC(CCO)NC1CCCC1C. The first-order chi connectivity index (χ1) is 6.77. The van der Waals surface area contributed by atoms with Crippen molar-refractivity contribution in [2.45, 2.75) is 44.7 Å². The Hall–Kier alpha value is -0.120. The van der Waals surface area contributed by atoms with E-state index in [4.69, 9.17) is 9.84 Å². The minimum atomic E-state index is 0.238. The van der Waals surface area contributed by atoms with E-state index in [0.717, 1.165) is 12.3 Å². The summed E-state index contributed by atoms with van der Waals surface area (Å²) in [6.45, 7) is 3.24. The first-order valence-corrected chi connectivity index (χ1v) is 5.63. The van der Waals surface area contributed by atoms with Crippen molar-refractivity contribution in [3.05, 3.63) is 0 Å². The molecule has 1 rings (SSSR count). The van der Waals surface area contributed by atoms with E-state index >= 15 is 0 Å². The average Bonchev–Trinajstić information content (AvgIpc) is 2.53. The van der Waals surface area contributed by atoms with Crippen LogP contribution in [0.2, 0.25) is 0 Å². The van der Waals surface area contributed by atoms with Gasteiger partial charge in [-0.1, -0.05) is 13.3 Å². The van der Waals surface area contributed by atoms with Gasteiger partial charge in [0.05, 0.1) is 6.61 Å². The van der Waals surface area contributed by atoms with Gasteiger partial charge in [-0.25, -0.2) is 0 Å². The molecule has 1 saturated carbocycles. The zero-order valence-electron chi connectivity index (χ0n) is 9.33. The van der Waals surface area contributed by atoms with Crippen molar-refractivity contribution in [3.63, 3.8) is 0 Å². The molecule has 0 radical (unpaired) electrons. The minimum absolute atomic E-state index is 0.238. The number of aliphatic hydroxyl groups is 1. The summed E-state index contributed by atoms with van der Waals surface area (Å²) in [4.78, 5) is 0. The Morgan fingerprint density at radius 2 is 2.29 bits per heavy atom. The van der Waals surface area contributed by atoms with Crippen LogP contribution in [0.1, 0.15) is 32.6 Å². The average molecular weight is 201 g/mol. The van der Waals surface area contributed by atoms with Gasteiger partial charge in [-0.3, -0.25) is 0 Å². The molecule has 2 N–H and O–H groups in total. The molecule has 3 unspecified atom stereocenters. The zero-order chi connectivity index (χ0) is 10.4. The van der Waals surface area contributed by atoms with Gasteiger partial charge >= 0.3 is 0 Å². The number of aliphatic hydroxyl groups excluding tert-OH is 1. The monoisotopic (exact) mass is 201 g/mol. The Morgan fingerprint density at radius 3 is 2.79 bits per heavy atom. The summed E-state index contributed by atoms with van der Waals surface area (Å²) in [5.74, 6) is 0.771. The van der Waals surface area contributed by atoms with Gasteiger partial charge in [0.2, 0.25) is 0 Å². The summed E-state index contributed by atoms with van der Waals surface area (Å²) in [6.07, 6.45) is 4.72. The van der Waals surface area contributed by atoms with Crippen LogP contribution in [0.3, 0.4) is 0 Å². The first kappa shape index (κ1) is 12.0. The molecule has 1 fully saturated rings. The van der Waals surface area contributed by atoms with Crippen LogP contribution in [0.4, 0.5) is 0 Å². The van der Waals surface area contributed by atoms with Crippen LogP contribution in [-0.4, -0.2) is 37.5 Å². The van der Waals surface area contributed by atoms with Crippen LogP contribution in [-0.2, 0) is 4.74 Å². The molecule has 0 bridgehead atoms. The highest BCUT2D eigenvalue weighted by Crippen LogP contribution is 2.25. The third-order valence-corrected chi connectivity index (χ3v) is 3.16. The topological polar surface area (TPSA) is 41.5 Å². The number of hydrogen-bond donors (Lipinski definition) is 2. The number of rotatable bonds is 6. The zero-order valence-corrected chi connectivity index (χ0v) is 9.33. The fourth-order valence-electron chi connectivity index (χ4n) is 2.27. The molecular formula is C11H23NO2. The maximum atomic E-state index is 8.91. The summed E-state index contributed by atoms with van der Waals surface area (Å²) < 4.78 is 5.13. The molecule has 0 aliphatic heterocycles. The largest absolute Gasteiger partial charge is 0.396 e. The summed E-state index contributed by atoms with van der Waals surface area (Å²) in [5, 5.41) is 12.5. The van der Waals surface area contributed by atoms with E-state index in [9.17, 15) is 0 Å². The van der Waals surface area contributed by atoms with Crippen molar-refractivity contribution in [1.82, 2.24) is 5.32 Å². The first-order valence-electron chi connectivity index (χ1n) is 5.63. The van der Waals surface area contributed by atoms with E-state index in [0.29, 0.717) is 18.7 Å². The van der Waals surface area contributed by atoms with Crippen LogP contribution >= 0.6 is 0 Å². The standard InChI is InChI=1S/C11H23NO2/c1-9-4-3-5-11(9)12-10(6-7-13)8-14-2/h9-13H,3-8H2,1-2H3. The Morgan fingerprint density at radius 1 is 1.50 bits per heavy atom. The van der Waals surface area contributed by atoms with Gasteiger partial charge in [0.15, 0.2) is 0 Å². The molecular weight excluding hydrogens is 178 g/mol. The summed E-state index contributed by atoms with van der Waals surface area (Å²) in [6, 6.07) is 0.942. The fourth-order valence-corrected chi connectivity index (χ4v) is 2.27. The number of nitrogens with one attached hydrogen (secondary N) is 1. The molecule has 0 amide bonds. The molecule has 3 heteroatoms. The van der Waals surface area contributed by atoms with E-state index in [1.165, 1.54) is 19.3 Å². The van der Waals surface area contributed by atoms with Gasteiger partial charge in [-0.15, -0.1) is 0 Å². The third kappa shape index (κ3) is 3.56. The molecule has 0 spiro atoms. The number of ether oxygens (including phenoxy) is 1. The molecule has 3 atom stereocenters. The lowest BCUT2D eigenvalue weighted by Gasteiger charge is -2.24. The highest BCUT2D eigenvalue weighted by molar-refractivity contribution is 4.83. The fraction of sp³-hybridized carbons (Fsp3) is 1.00.